The normalized spacial score (nSPS) is 28.3. The molecule has 0 spiro atoms. The molecular formula is C18H28N2O2. The number of hydrogen-bond acceptors (Lipinski definition) is 2. The van der Waals surface area contributed by atoms with E-state index in [-0.39, 0.29) is 23.9 Å². The van der Waals surface area contributed by atoms with Crippen LogP contribution in [0.4, 0.5) is 0 Å². The van der Waals surface area contributed by atoms with Gasteiger partial charge in [-0.05, 0) is 39.5 Å². The summed E-state index contributed by atoms with van der Waals surface area (Å²) in [6.45, 7) is 6.78. The molecule has 0 aromatic heterocycles. The Morgan fingerprint density at radius 2 is 1.14 bits per heavy atom. The maximum atomic E-state index is 12.8. The molecule has 0 atom stereocenters. The van der Waals surface area contributed by atoms with Gasteiger partial charge in [0.15, 0.2) is 0 Å². The molecule has 2 aliphatic carbocycles. The molecule has 3 fully saturated rings. The van der Waals surface area contributed by atoms with E-state index in [9.17, 15) is 9.59 Å². The molecule has 2 saturated carbocycles. The Kier molecular flexibility index (Phi) is 4.47. The number of nitrogens with zero attached hydrogens (tertiary/aromatic N) is 2. The summed E-state index contributed by atoms with van der Waals surface area (Å²) in [7, 11) is 0. The second kappa shape index (κ2) is 6.21. The zero-order valence-corrected chi connectivity index (χ0v) is 13.9. The summed E-state index contributed by atoms with van der Waals surface area (Å²) in [6.07, 6.45) is 11.4. The molecule has 1 aliphatic heterocycles. The third-order valence-corrected chi connectivity index (χ3v) is 5.60. The van der Waals surface area contributed by atoms with Crippen LogP contribution in [0.3, 0.4) is 0 Å². The highest BCUT2D eigenvalue weighted by molar-refractivity contribution is 6.06. The first-order valence-electron chi connectivity index (χ1n) is 8.95. The molecule has 0 N–H and O–H groups in total. The third-order valence-electron chi connectivity index (χ3n) is 5.60. The number of hydrogen-bond donors (Lipinski definition) is 0. The summed E-state index contributed by atoms with van der Waals surface area (Å²) in [6, 6.07) is 0.472. The van der Waals surface area contributed by atoms with Crippen LogP contribution in [0.25, 0.3) is 0 Å². The molecule has 2 radical (unpaired) electrons. The van der Waals surface area contributed by atoms with E-state index < -0.39 is 5.41 Å². The fourth-order valence-corrected chi connectivity index (χ4v) is 4.07. The minimum absolute atomic E-state index is 0.0588. The van der Waals surface area contributed by atoms with Gasteiger partial charge in [0.25, 0.3) is 0 Å². The van der Waals surface area contributed by atoms with Gasteiger partial charge in [-0.3, -0.25) is 9.59 Å². The molecule has 0 unspecified atom stereocenters. The second-order valence-electron chi connectivity index (χ2n) is 7.66. The van der Waals surface area contributed by atoms with Crippen molar-refractivity contribution in [1.82, 2.24) is 9.80 Å². The topological polar surface area (TPSA) is 40.6 Å². The Balaban J connectivity index is 1.81. The highest BCUT2D eigenvalue weighted by Gasteiger charge is 2.51. The Hall–Kier alpha value is -1.06. The first kappa shape index (κ1) is 15.8. The largest absolute Gasteiger partial charge is 0.308 e. The van der Waals surface area contributed by atoms with Crippen LogP contribution in [0.1, 0.15) is 78.1 Å². The van der Waals surface area contributed by atoms with Crippen molar-refractivity contribution in [3.8, 4) is 0 Å². The van der Waals surface area contributed by atoms with Crippen molar-refractivity contribution in [3.05, 3.63) is 6.67 Å². The quantitative estimate of drug-likeness (QED) is 0.734. The van der Waals surface area contributed by atoms with Crippen molar-refractivity contribution in [2.45, 2.75) is 90.1 Å². The fraction of sp³-hybridized carbons (Fsp3) is 0.833. The summed E-state index contributed by atoms with van der Waals surface area (Å²) >= 11 is 0. The van der Waals surface area contributed by atoms with Gasteiger partial charge < -0.3 is 9.80 Å². The van der Waals surface area contributed by atoms with Crippen LogP contribution in [-0.2, 0) is 9.59 Å². The van der Waals surface area contributed by atoms with Crippen LogP contribution in [0.15, 0.2) is 0 Å². The summed E-state index contributed by atoms with van der Waals surface area (Å²) in [5.74, 6) is -0.118. The van der Waals surface area contributed by atoms with Crippen LogP contribution in [0.5, 0.6) is 0 Å². The van der Waals surface area contributed by atoms with Gasteiger partial charge in [-0.15, -0.1) is 0 Å². The van der Waals surface area contributed by atoms with E-state index in [4.69, 9.17) is 0 Å². The summed E-state index contributed by atoms with van der Waals surface area (Å²) < 4.78 is 0. The lowest BCUT2D eigenvalue weighted by Gasteiger charge is -2.48. The van der Waals surface area contributed by atoms with Crippen molar-refractivity contribution in [3.63, 3.8) is 0 Å². The minimum atomic E-state index is -0.944. The zero-order valence-electron chi connectivity index (χ0n) is 13.9. The molecule has 0 aromatic rings. The summed E-state index contributed by atoms with van der Waals surface area (Å²) in [4.78, 5) is 29.2. The maximum absolute atomic E-state index is 12.8. The molecule has 1 heterocycles. The van der Waals surface area contributed by atoms with E-state index in [1.807, 2.05) is 0 Å². The molecular weight excluding hydrogens is 276 g/mol. The van der Waals surface area contributed by atoms with Gasteiger partial charge in [-0.25, -0.2) is 0 Å². The summed E-state index contributed by atoms with van der Waals surface area (Å²) in [5.41, 5.74) is -0.944. The van der Waals surface area contributed by atoms with E-state index >= 15 is 0 Å². The summed E-state index contributed by atoms with van der Waals surface area (Å²) in [5, 5.41) is 0. The lowest BCUT2D eigenvalue weighted by atomic mass is 9.83. The van der Waals surface area contributed by atoms with Gasteiger partial charge in [0.05, 0.1) is 0 Å². The molecule has 122 valence electrons. The highest BCUT2D eigenvalue weighted by Crippen LogP contribution is 2.37. The lowest BCUT2D eigenvalue weighted by molar-refractivity contribution is -0.166. The van der Waals surface area contributed by atoms with E-state index in [1.54, 1.807) is 23.6 Å². The van der Waals surface area contributed by atoms with Gasteiger partial charge in [0, 0.05) is 12.1 Å². The lowest BCUT2D eigenvalue weighted by Crippen LogP contribution is -2.62. The van der Waals surface area contributed by atoms with Gasteiger partial charge in [-0.2, -0.15) is 0 Å². The van der Waals surface area contributed by atoms with E-state index in [2.05, 4.69) is 6.67 Å². The fourth-order valence-electron chi connectivity index (χ4n) is 4.07. The smallest absolute Gasteiger partial charge is 0.240 e. The molecule has 1 saturated heterocycles. The van der Waals surface area contributed by atoms with Crippen LogP contribution in [-0.4, -0.2) is 33.7 Å². The van der Waals surface area contributed by atoms with Crippen LogP contribution in [0.2, 0.25) is 0 Å². The van der Waals surface area contributed by atoms with Gasteiger partial charge >= 0.3 is 0 Å². The molecule has 3 rings (SSSR count). The molecule has 0 aromatic carbocycles. The van der Waals surface area contributed by atoms with Crippen molar-refractivity contribution in [2.75, 3.05) is 0 Å². The molecule has 22 heavy (non-hydrogen) atoms. The Labute approximate surface area is 134 Å². The van der Waals surface area contributed by atoms with E-state index in [1.165, 1.54) is 38.5 Å². The highest BCUT2D eigenvalue weighted by atomic mass is 16.2. The molecule has 4 heteroatoms. The number of carbonyl (C=O) groups excluding carboxylic acids is 2. The van der Waals surface area contributed by atoms with Crippen LogP contribution >= 0.6 is 0 Å². The second-order valence-corrected chi connectivity index (χ2v) is 7.66. The SMILES string of the molecule is CC1(C)C(=O)N(C2CCCCC2)[C]N(C2CCCCC2)C1=O. The predicted molar refractivity (Wildman–Crippen MR) is 84.5 cm³/mol. The average Bonchev–Trinajstić information content (AvgIpc) is 2.55. The zero-order chi connectivity index (χ0) is 15.7. The molecule has 4 nitrogen and oxygen atoms in total. The Morgan fingerprint density at radius 3 is 1.50 bits per heavy atom. The minimum Gasteiger partial charge on any atom is -0.308 e. The van der Waals surface area contributed by atoms with Crippen molar-refractivity contribution >= 4 is 11.8 Å². The first-order chi connectivity index (χ1) is 10.5. The average molecular weight is 304 g/mol. The van der Waals surface area contributed by atoms with Gasteiger partial charge in [0.2, 0.25) is 18.5 Å². The monoisotopic (exact) mass is 304 g/mol. The van der Waals surface area contributed by atoms with Crippen molar-refractivity contribution in [1.29, 1.82) is 0 Å². The third kappa shape index (κ3) is 2.77. The number of carbonyl (C=O) groups is 2. The predicted octanol–water partition coefficient (Wildman–Crippen LogP) is 3.35. The number of amides is 2. The van der Waals surface area contributed by atoms with E-state index in [0.717, 1.165) is 25.7 Å². The molecule has 0 bridgehead atoms. The van der Waals surface area contributed by atoms with Gasteiger partial charge in [-0.1, -0.05) is 38.5 Å². The molecule has 2 amide bonds. The van der Waals surface area contributed by atoms with Crippen molar-refractivity contribution < 1.29 is 9.59 Å². The first-order valence-corrected chi connectivity index (χ1v) is 8.95. The Bertz CT molecular complexity index is 396. The van der Waals surface area contributed by atoms with E-state index in [0.29, 0.717) is 0 Å². The maximum Gasteiger partial charge on any atom is 0.240 e. The Morgan fingerprint density at radius 1 is 0.773 bits per heavy atom. The van der Waals surface area contributed by atoms with Crippen molar-refractivity contribution in [2.24, 2.45) is 5.41 Å². The molecule has 3 aliphatic rings. The number of rotatable bonds is 2. The standard InChI is InChI=1S/C18H28N2O2/c1-18(2)16(21)19(14-9-5-3-6-10-14)13-20(17(18)22)15-11-7-4-8-12-15/h14-15H,3-12H2,1-2H3. The van der Waals surface area contributed by atoms with Gasteiger partial charge in [0.1, 0.15) is 5.41 Å². The van der Waals surface area contributed by atoms with Crippen LogP contribution < -0.4 is 0 Å². The van der Waals surface area contributed by atoms with Crippen LogP contribution in [0, 0.1) is 12.1 Å².